The quantitative estimate of drug-likeness (QED) is 0.374. The summed E-state index contributed by atoms with van der Waals surface area (Å²) in [5.41, 5.74) is 0. The van der Waals surface area contributed by atoms with Gasteiger partial charge in [0.15, 0.2) is 0 Å². The van der Waals surface area contributed by atoms with Gasteiger partial charge >= 0.3 is 5.97 Å². The number of hydrogen-bond acceptors (Lipinski definition) is 2. The molecule has 11 heavy (non-hydrogen) atoms. The molecule has 0 aromatic carbocycles. The molecular weight excluding hydrogens is 164 g/mol. The monoisotopic (exact) mass is 176 g/mol. The van der Waals surface area contributed by atoms with Gasteiger partial charge in [-0.3, -0.25) is 4.79 Å². The molecule has 0 heterocycles. The van der Waals surface area contributed by atoms with Crippen LogP contribution in [0.2, 0.25) is 0 Å². The number of halogens is 1. The molecule has 0 saturated carbocycles. The number of ether oxygens (including phenoxy) is 1. The number of esters is 1. The third-order valence-electron chi connectivity index (χ3n) is 0.999. The first-order valence-electron chi connectivity index (χ1n) is 3.52. The van der Waals surface area contributed by atoms with Gasteiger partial charge in [0.2, 0.25) is 0 Å². The van der Waals surface area contributed by atoms with Crippen LogP contribution in [0.4, 0.5) is 0 Å². The molecule has 0 aliphatic carbocycles. The molecule has 0 radical (unpaired) electrons. The number of carbonyl (C=O) groups is 1. The molecule has 0 aromatic heterocycles. The molecule has 0 aliphatic heterocycles. The second-order valence-electron chi connectivity index (χ2n) is 2.38. The van der Waals surface area contributed by atoms with Crippen LogP contribution in [-0.2, 0) is 9.53 Å². The summed E-state index contributed by atoms with van der Waals surface area (Å²) in [4.78, 5) is 10.4. The normalized spacial score (nSPS) is 16.4. The average Bonchev–Trinajstić information content (AvgIpc) is 1.82. The van der Waals surface area contributed by atoms with Crippen molar-refractivity contribution in [2.45, 2.75) is 32.3 Å². The highest BCUT2D eigenvalue weighted by molar-refractivity contribution is 6.21. The summed E-state index contributed by atoms with van der Waals surface area (Å²) >= 11 is 5.63. The second-order valence-corrected chi connectivity index (χ2v) is 3.07. The maximum atomic E-state index is 10.4. The minimum absolute atomic E-state index is 0.0204. The highest BCUT2D eigenvalue weighted by Gasteiger charge is 1.99. The van der Waals surface area contributed by atoms with Gasteiger partial charge < -0.3 is 4.74 Å². The lowest BCUT2D eigenvalue weighted by atomic mass is 10.3. The molecule has 0 saturated heterocycles. The summed E-state index contributed by atoms with van der Waals surface area (Å²) in [6.07, 6.45) is 3.36. The Kier molecular flexibility index (Phi) is 4.95. The lowest BCUT2D eigenvalue weighted by molar-refractivity contribution is -0.143. The van der Waals surface area contributed by atoms with Crippen molar-refractivity contribution in [3.8, 4) is 0 Å². The molecule has 2 nitrogen and oxygen atoms in total. The van der Waals surface area contributed by atoms with Crippen LogP contribution < -0.4 is 0 Å². The average molecular weight is 177 g/mol. The number of allylic oxidation sites excluding steroid dienone is 1. The molecule has 0 amide bonds. The van der Waals surface area contributed by atoms with Crippen molar-refractivity contribution in [2.75, 3.05) is 0 Å². The Morgan fingerprint density at radius 2 is 2.00 bits per heavy atom. The molecule has 0 rings (SSSR count). The molecule has 0 N–H and O–H groups in total. The van der Waals surface area contributed by atoms with Crippen LogP contribution in [0.5, 0.6) is 0 Å². The van der Waals surface area contributed by atoms with Crippen LogP contribution in [0, 0.1) is 0 Å². The Labute approximate surface area is 72.2 Å². The van der Waals surface area contributed by atoms with Crippen molar-refractivity contribution < 1.29 is 9.53 Å². The van der Waals surface area contributed by atoms with Gasteiger partial charge in [-0.05, 0) is 19.9 Å². The number of hydrogen-bond donors (Lipinski definition) is 0. The van der Waals surface area contributed by atoms with E-state index in [1.807, 2.05) is 6.92 Å². The van der Waals surface area contributed by atoms with Crippen molar-refractivity contribution in [3.05, 3.63) is 12.2 Å². The van der Waals surface area contributed by atoms with Crippen LogP contribution in [-0.4, -0.2) is 17.5 Å². The van der Waals surface area contributed by atoms with E-state index in [0.717, 1.165) is 0 Å². The first-order chi connectivity index (χ1) is 5.02. The predicted molar refractivity (Wildman–Crippen MR) is 45.7 cm³/mol. The summed E-state index contributed by atoms with van der Waals surface area (Å²) in [5, 5.41) is -0.0204. The topological polar surface area (TPSA) is 26.3 Å². The van der Waals surface area contributed by atoms with E-state index in [9.17, 15) is 4.79 Å². The van der Waals surface area contributed by atoms with E-state index < -0.39 is 0 Å². The van der Waals surface area contributed by atoms with E-state index in [1.54, 1.807) is 19.1 Å². The molecule has 3 heteroatoms. The molecule has 0 fully saturated rings. The first-order valence-corrected chi connectivity index (χ1v) is 3.95. The fraction of sp³-hybridized carbons (Fsp3) is 0.625. The van der Waals surface area contributed by atoms with Crippen LogP contribution in [0.3, 0.4) is 0 Å². The van der Waals surface area contributed by atoms with Crippen molar-refractivity contribution in [1.82, 2.24) is 0 Å². The zero-order chi connectivity index (χ0) is 8.85. The van der Waals surface area contributed by atoms with Gasteiger partial charge in [-0.25, -0.2) is 0 Å². The van der Waals surface area contributed by atoms with Crippen LogP contribution in [0.15, 0.2) is 12.2 Å². The summed E-state index contributed by atoms with van der Waals surface area (Å²) < 4.78 is 4.82. The summed E-state index contributed by atoms with van der Waals surface area (Å²) in [5.74, 6) is -0.274. The van der Waals surface area contributed by atoms with E-state index in [0.29, 0.717) is 0 Å². The van der Waals surface area contributed by atoms with Gasteiger partial charge in [0.1, 0.15) is 6.10 Å². The number of rotatable bonds is 3. The Morgan fingerprint density at radius 3 is 2.36 bits per heavy atom. The van der Waals surface area contributed by atoms with Crippen LogP contribution in [0.1, 0.15) is 20.8 Å². The predicted octanol–water partition coefficient (Wildman–Crippen LogP) is 2.12. The van der Waals surface area contributed by atoms with Crippen molar-refractivity contribution in [2.24, 2.45) is 0 Å². The van der Waals surface area contributed by atoms with Gasteiger partial charge in [-0.15, -0.1) is 11.6 Å². The van der Waals surface area contributed by atoms with Crippen molar-refractivity contribution in [1.29, 1.82) is 0 Å². The molecular formula is C8H13ClO2. The fourth-order valence-corrected chi connectivity index (χ4v) is 0.695. The maximum Gasteiger partial charge on any atom is 0.303 e. The van der Waals surface area contributed by atoms with E-state index in [-0.39, 0.29) is 17.5 Å². The minimum Gasteiger partial charge on any atom is -0.459 e. The van der Waals surface area contributed by atoms with Gasteiger partial charge in [-0.2, -0.15) is 0 Å². The highest BCUT2D eigenvalue weighted by atomic mass is 35.5. The Hall–Kier alpha value is -0.500. The summed E-state index contributed by atoms with van der Waals surface area (Å²) in [7, 11) is 0. The summed E-state index contributed by atoms with van der Waals surface area (Å²) in [6.45, 7) is 5.02. The van der Waals surface area contributed by atoms with Crippen molar-refractivity contribution in [3.63, 3.8) is 0 Å². The van der Waals surface area contributed by atoms with Gasteiger partial charge in [-0.1, -0.05) is 6.08 Å². The van der Waals surface area contributed by atoms with Gasteiger partial charge in [0.05, 0.1) is 0 Å². The van der Waals surface area contributed by atoms with E-state index in [4.69, 9.17) is 16.3 Å². The van der Waals surface area contributed by atoms with E-state index in [2.05, 4.69) is 0 Å². The molecule has 0 unspecified atom stereocenters. The third kappa shape index (κ3) is 7.40. The van der Waals surface area contributed by atoms with Gasteiger partial charge in [0, 0.05) is 12.3 Å². The molecule has 0 aliphatic rings. The fourth-order valence-electron chi connectivity index (χ4n) is 0.611. The zero-order valence-corrected chi connectivity index (χ0v) is 7.76. The highest BCUT2D eigenvalue weighted by Crippen LogP contribution is 1.99. The first kappa shape index (κ1) is 10.5. The SMILES string of the molecule is CC(=O)O[C@@H](C)/C=C/[C@H](C)Cl. The van der Waals surface area contributed by atoms with Crippen molar-refractivity contribution >= 4 is 17.6 Å². The Balaban J connectivity index is 3.68. The lowest BCUT2D eigenvalue weighted by Gasteiger charge is -2.05. The smallest absolute Gasteiger partial charge is 0.303 e. The van der Waals surface area contributed by atoms with Gasteiger partial charge in [0.25, 0.3) is 0 Å². The number of alkyl halides is 1. The van der Waals surface area contributed by atoms with E-state index in [1.165, 1.54) is 6.92 Å². The largest absolute Gasteiger partial charge is 0.459 e. The van der Waals surface area contributed by atoms with E-state index >= 15 is 0 Å². The molecule has 0 bridgehead atoms. The second kappa shape index (κ2) is 5.19. The molecule has 0 aromatic rings. The minimum atomic E-state index is -0.274. The zero-order valence-electron chi connectivity index (χ0n) is 7.00. The Bertz CT molecular complexity index is 152. The maximum absolute atomic E-state index is 10.4. The molecule has 0 spiro atoms. The number of carbonyl (C=O) groups excluding carboxylic acids is 1. The third-order valence-corrected chi connectivity index (χ3v) is 1.14. The van der Waals surface area contributed by atoms with Crippen LogP contribution >= 0.6 is 11.6 Å². The standard InChI is InChI=1S/C8H13ClO2/c1-6(9)4-5-7(2)11-8(3)10/h4-7H,1-3H3/b5-4+/t6-,7-/m0/s1. The summed E-state index contributed by atoms with van der Waals surface area (Å²) in [6, 6.07) is 0. The lowest BCUT2D eigenvalue weighted by Crippen LogP contribution is -2.09. The molecule has 2 atom stereocenters. The Morgan fingerprint density at radius 1 is 1.45 bits per heavy atom. The molecule has 64 valence electrons. The van der Waals surface area contributed by atoms with Crippen LogP contribution in [0.25, 0.3) is 0 Å².